The molecule has 1 aromatic carbocycles. The Labute approximate surface area is 198 Å². The van der Waals surface area contributed by atoms with Crippen LogP contribution in [0.25, 0.3) is 15.9 Å². The highest BCUT2D eigenvalue weighted by molar-refractivity contribution is 7.18. The summed E-state index contributed by atoms with van der Waals surface area (Å²) in [6.45, 7) is 0.0325. The third-order valence-electron chi connectivity index (χ3n) is 5.91. The van der Waals surface area contributed by atoms with Crippen molar-refractivity contribution in [3.63, 3.8) is 0 Å². The number of hydrogen-bond acceptors (Lipinski definition) is 5. The molecule has 3 heterocycles. The zero-order valence-electron chi connectivity index (χ0n) is 17.8. The first-order valence-corrected chi connectivity index (χ1v) is 12.1. The molecule has 1 aliphatic rings. The Bertz CT molecular complexity index is 1430. The van der Waals surface area contributed by atoms with Crippen LogP contribution in [-0.4, -0.2) is 15.0 Å². The highest BCUT2D eigenvalue weighted by Crippen LogP contribution is 2.33. The average molecular weight is 484 g/mol. The van der Waals surface area contributed by atoms with Crippen molar-refractivity contribution in [2.45, 2.75) is 45.2 Å². The highest BCUT2D eigenvalue weighted by atomic mass is 35.5. The number of benzene rings is 1. The van der Waals surface area contributed by atoms with Crippen LogP contribution in [-0.2, 0) is 30.7 Å². The van der Waals surface area contributed by atoms with Crippen molar-refractivity contribution in [2.24, 2.45) is 0 Å². The summed E-state index contributed by atoms with van der Waals surface area (Å²) >= 11 is 7.48. The van der Waals surface area contributed by atoms with Crippen molar-refractivity contribution in [1.29, 1.82) is 0 Å². The van der Waals surface area contributed by atoms with Crippen LogP contribution in [0.15, 0.2) is 56.7 Å². The quantitative estimate of drug-likeness (QED) is 0.434. The van der Waals surface area contributed by atoms with E-state index in [2.05, 4.69) is 5.32 Å². The normalized spacial score (nSPS) is 13.6. The first-order valence-electron chi connectivity index (χ1n) is 10.9. The van der Waals surface area contributed by atoms with E-state index in [0.717, 1.165) is 47.1 Å². The van der Waals surface area contributed by atoms with E-state index in [-0.39, 0.29) is 24.6 Å². The molecule has 170 valence electrons. The molecule has 1 N–H and O–H groups in total. The second kappa shape index (κ2) is 9.03. The van der Waals surface area contributed by atoms with Gasteiger partial charge in [-0.25, -0.2) is 9.36 Å². The third-order valence-corrected chi connectivity index (χ3v) is 7.48. The summed E-state index contributed by atoms with van der Waals surface area (Å²) < 4.78 is 7.83. The van der Waals surface area contributed by atoms with Crippen molar-refractivity contribution in [3.8, 4) is 5.69 Å². The Morgan fingerprint density at radius 1 is 1.09 bits per heavy atom. The number of furan rings is 1. The number of nitrogens with one attached hydrogen (secondary N) is 1. The summed E-state index contributed by atoms with van der Waals surface area (Å²) in [4.78, 5) is 41.6. The van der Waals surface area contributed by atoms with Gasteiger partial charge in [0.15, 0.2) is 0 Å². The molecule has 0 fully saturated rings. The second-order valence-corrected chi connectivity index (χ2v) is 9.61. The lowest BCUT2D eigenvalue weighted by Crippen LogP contribution is -2.41. The molecule has 0 atom stereocenters. The Balaban J connectivity index is 1.65. The van der Waals surface area contributed by atoms with E-state index in [1.54, 1.807) is 36.4 Å². The first-order chi connectivity index (χ1) is 16.0. The number of amides is 1. The predicted octanol–water partition coefficient (Wildman–Crippen LogP) is 4.05. The van der Waals surface area contributed by atoms with E-state index in [1.807, 2.05) is 0 Å². The lowest BCUT2D eigenvalue weighted by Gasteiger charge is -2.13. The topological polar surface area (TPSA) is 86.2 Å². The maximum absolute atomic E-state index is 13.6. The van der Waals surface area contributed by atoms with Gasteiger partial charge in [-0.2, -0.15) is 0 Å². The van der Waals surface area contributed by atoms with Crippen molar-refractivity contribution < 1.29 is 9.21 Å². The number of fused-ring (bicyclic) bond motifs is 3. The van der Waals surface area contributed by atoms with E-state index in [1.165, 1.54) is 22.2 Å². The summed E-state index contributed by atoms with van der Waals surface area (Å²) in [5.74, 6) is 0.287. The molecular formula is C24H22ClN3O4S. The molecule has 5 rings (SSSR count). The fraction of sp³-hybridized carbons (Fsp3) is 0.292. The highest BCUT2D eigenvalue weighted by Gasteiger charge is 2.24. The Hall–Kier alpha value is -3.10. The molecule has 0 radical (unpaired) electrons. The molecule has 1 aliphatic carbocycles. The Morgan fingerprint density at radius 3 is 2.64 bits per heavy atom. The maximum atomic E-state index is 13.6. The van der Waals surface area contributed by atoms with Gasteiger partial charge in [-0.05, 0) is 67.6 Å². The summed E-state index contributed by atoms with van der Waals surface area (Å²) in [5.41, 5.74) is 0.558. The standard InChI is InChI=1S/C24H22ClN3O4S/c25-15-8-10-16(11-9-15)28-22(30)21-18-6-2-1-3-7-19(18)33-23(21)27(24(28)31)14-20(29)26-13-17-5-4-12-32-17/h4-5,8-12H,1-3,6-7,13-14H2,(H,26,29). The van der Waals surface area contributed by atoms with E-state index in [4.69, 9.17) is 16.0 Å². The van der Waals surface area contributed by atoms with Gasteiger partial charge < -0.3 is 9.73 Å². The number of halogens is 1. The molecule has 1 amide bonds. The van der Waals surface area contributed by atoms with Gasteiger partial charge in [-0.3, -0.25) is 14.2 Å². The Morgan fingerprint density at radius 2 is 1.88 bits per heavy atom. The van der Waals surface area contributed by atoms with Crippen LogP contribution in [0.2, 0.25) is 5.02 Å². The third kappa shape index (κ3) is 4.16. The molecule has 7 nitrogen and oxygen atoms in total. The smallest absolute Gasteiger partial charge is 0.337 e. The van der Waals surface area contributed by atoms with Crippen LogP contribution in [0.4, 0.5) is 0 Å². The lowest BCUT2D eigenvalue weighted by atomic mass is 10.1. The van der Waals surface area contributed by atoms with Crippen LogP contribution in [0.3, 0.4) is 0 Å². The molecule has 4 aromatic rings. The van der Waals surface area contributed by atoms with E-state index in [0.29, 0.717) is 26.7 Å². The minimum atomic E-state index is -0.542. The van der Waals surface area contributed by atoms with Crippen molar-refractivity contribution >= 4 is 39.1 Å². The molecule has 0 saturated carbocycles. The summed E-state index contributed by atoms with van der Waals surface area (Å²) in [6.07, 6.45) is 6.39. The molecular weight excluding hydrogens is 462 g/mol. The molecule has 0 aliphatic heterocycles. The number of aromatic nitrogens is 2. The van der Waals surface area contributed by atoms with Gasteiger partial charge >= 0.3 is 5.69 Å². The number of aryl methyl sites for hydroxylation is 2. The maximum Gasteiger partial charge on any atom is 0.337 e. The van der Waals surface area contributed by atoms with E-state index < -0.39 is 5.69 Å². The fourth-order valence-electron chi connectivity index (χ4n) is 4.30. The lowest BCUT2D eigenvalue weighted by molar-refractivity contribution is -0.121. The van der Waals surface area contributed by atoms with E-state index in [9.17, 15) is 14.4 Å². The van der Waals surface area contributed by atoms with Gasteiger partial charge in [0.25, 0.3) is 5.56 Å². The number of rotatable bonds is 5. The van der Waals surface area contributed by atoms with Crippen LogP contribution in [0.1, 0.15) is 35.5 Å². The van der Waals surface area contributed by atoms with Crippen molar-refractivity contribution in [3.05, 3.63) is 84.7 Å². The molecule has 0 unspecified atom stereocenters. The van der Waals surface area contributed by atoms with Crippen LogP contribution in [0.5, 0.6) is 0 Å². The predicted molar refractivity (Wildman–Crippen MR) is 129 cm³/mol. The minimum absolute atomic E-state index is 0.191. The van der Waals surface area contributed by atoms with Gasteiger partial charge in [-0.1, -0.05) is 18.0 Å². The second-order valence-electron chi connectivity index (χ2n) is 8.09. The van der Waals surface area contributed by atoms with Crippen LogP contribution < -0.4 is 16.6 Å². The van der Waals surface area contributed by atoms with Gasteiger partial charge in [0.2, 0.25) is 5.91 Å². The zero-order valence-corrected chi connectivity index (χ0v) is 19.4. The van der Waals surface area contributed by atoms with Crippen molar-refractivity contribution in [2.75, 3.05) is 0 Å². The van der Waals surface area contributed by atoms with Gasteiger partial charge in [0, 0.05) is 9.90 Å². The van der Waals surface area contributed by atoms with E-state index >= 15 is 0 Å². The zero-order chi connectivity index (χ0) is 22.9. The SMILES string of the molecule is O=C(Cn1c(=O)n(-c2ccc(Cl)cc2)c(=O)c2c3c(sc21)CCCCC3)NCc1ccco1. The molecule has 0 saturated heterocycles. The molecule has 0 spiro atoms. The minimum Gasteiger partial charge on any atom is -0.467 e. The summed E-state index contributed by atoms with van der Waals surface area (Å²) in [6, 6.07) is 10.1. The molecule has 3 aromatic heterocycles. The monoisotopic (exact) mass is 483 g/mol. The number of nitrogens with zero attached hydrogens (tertiary/aromatic N) is 2. The number of carbonyl (C=O) groups is 1. The number of carbonyl (C=O) groups excluding carboxylic acids is 1. The first kappa shape index (κ1) is 21.7. The largest absolute Gasteiger partial charge is 0.467 e. The van der Waals surface area contributed by atoms with Crippen LogP contribution >= 0.6 is 22.9 Å². The summed E-state index contributed by atoms with van der Waals surface area (Å²) in [7, 11) is 0. The van der Waals surface area contributed by atoms with Gasteiger partial charge in [-0.15, -0.1) is 11.3 Å². The fourth-order valence-corrected chi connectivity index (χ4v) is 5.80. The van der Waals surface area contributed by atoms with Crippen molar-refractivity contribution in [1.82, 2.24) is 14.5 Å². The Kier molecular flexibility index (Phi) is 5.95. The van der Waals surface area contributed by atoms with Gasteiger partial charge in [0.05, 0.1) is 23.9 Å². The van der Waals surface area contributed by atoms with Gasteiger partial charge in [0.1, 0.15) is 17.1 Å². The van der Waals surface area contributed by atoms with Crippen LogP contribution in [0, 0.1) is 0 Å². The molecule has 33 heavy (non-hydrogen) atoms. The summed E-state index contributed by atoms with van der Waals surface area (Å²) in [5, 5.41) is 3.84. The average Bonchev–Trinajstić information content (AvgIpc) is 3.39. The molecule has 0 bridgehead atoms. The molecule has 9 heteroatoms. The number of hydrogen-bond donors (Lipinski definition) is 1. The number of thiophene rings is 1.